The summed E-state index contributed by atoms with van der Waals surface area (Å²) in [6.07, 6.45) is 16.4. The predicted octanol–water partition coefficient (Wildman–Crippen LogP) is 3.50. The van der Waals surface area contributed by atoms with Crippen molar-refractivity contribution in [1.82, 2.24) is 14.7 Å². The molecule has 5 heteroatoms. The molecule has 0 spiro atoms. The molecule has 120 valence electrons. The summed E-state index contributed by atoms with van der Waals surface area (Å²) in [6, 6.07) is -0.0659. The molecule has 1 atom stereocenters. The number of aromatic nitrogens is 2. The Morgan fingerprint density at radius 1 is 1.35 bits per heavy atom. The lowest BCUT2D eigenvalue weighted by molar-refractivity contribution is 0.0915. The van der Waals surface area contributed by atoms with Crippen molar-refractivity contribution in [3.8, 4) is 0 Å². The number of nitrogens with zero attached hydrogens (tertiary/aromatic N) is 3. The van der Waals surface area contributed by atoms with Gasteiger partial charge in [-0.1, -0.05) is 30.2 Å². The van der Waals surface area contributed by atoms with Crippen molar-refractivity contribution >= 4 is 17.4 Å². The van der Waals surface area contributed by atoms with Crippen LogP contribution in [0.4, 0.5) is 0 Å². The number of rotatable bonds is 4. The van der Waals surface area contributed by atoms with Gasteiger partial charge in [0.1, 0.15) is 0 Å². The molecule has 1 aliphatic heterocycles. The zero-order chi connectivity index (χ0) is 16.1. The summed E-state index contributed by atoms with van der Waals surface area (Å²) in [4.78, 5) is 14.6. The molecular weight excluding hydrogens is 310 g/mol. The van der Waals surface area contributed by atoms with Crippen molar-refractivity contribution in [3.05, 3.63) is 59.1 Å². The number of allylic oxidation sites excluding steroid dienone is 5. The van der Waals surface area contributed by atoms with E-state index in [1.807, 2.05) is 24.4 Å². The van der Waals surface area contributed by atoms with E-state index in [1.54, 1.807) is 23.0 Å². The number of carbonyl (C=O) groups is 1. The molecule has 1 saturated heterocycles. The maximum Gasteiger partial charge on any atom is 0.179 e. The summed E-state index contributed by atoms with van der Waals surface area (Å²) in [6.45, 7) is 2.53. The van der Waals surface area contributed by atoms with Crippen molar-refractivity contribution in [2.75, 3.05) is 19.6 Å². The highest BCUT2D eigenvalue weighted by molar-refractivity contribution is 6.31. The van der Waals surface area contributed by atoms with E-state index in [4.69, 9.17) is 11.6 Å². The first-order valence-electron chi connectivity index (χ1n) is 7.99. The lowest BCUT2D eigenvalue weighted by Gasteiger charge is -2.25. The van der Waals surface area contributed by atoms with Gasteiger partial charge < -0.3 is 0 Å². The molecule has 23 heavy (non-hydrogen) atoms. The van der Waals surface area contributed by atoms with E-state index >= 15 is 0 Å². The van der Waals surface area contributed by atoms with Crippen LogP contribution in [0.25, 0.3) is 0 Å². The van der Waals surface area contributed by atoms with Crippen LogP contribution in [0.5, 0.6) is 0 Å². The Kier molecular flexibility index (Phi) is 5.29. The molecule has 0 amide bonds. The Bertz CT molecular complexity index is 689. The molecular formula is C18H20ClN3O. The van der Waals surface area contributed by atoms with Gasteiger partial charge in [0.15, 0.2) is 5.78 Å². The van der Waals surface area contributed by atoms with E-state index in [9.17, 15) is 4.79 Å². The van der Waals surface area contributed by atoms with Crippen molar-refractivity contribution in [2.45, 2.75) is 25.3 Å². The highest BCUT2D eigenvalue weighted by Gasteiger charge is 2.17. The number of likely N-dealkylation sites (tertiary alicyclic amines) is 1. The molecule has 0 bridgehead atoms. The average Bonchev–Trinajstić information content (AvgIpc) is 3.02. The molecule has 1 unspecified atom stereocenters. The van der Waals surface area contributed by atoms with E-state index in [1.165, 1.54) is 19.3 Å². The fraction of sp³-hybridized carbons (Fsp3) is 0.389. The van der Waals surface area contributed by atoms with E-state index < -0.39 is 0 Å². The SMILES string of the molecule is O=C(CN1CCCCC1)c1cnn(C2C=C=C/C(Cl)=C\C=C2)c1. The second kappa shape index (κ2) is 7.60. The molecule has 4 nitrogen and oxygen atoms in total. The molecule has 1 aliphatic carbocycles. The smallest absolute Gasteiger partial charge is 0.179 e. The first-order chi connectivity index (χ1) is 11.2. The van der Waals surface area contributed by atoms with Gasteiger partial charge in [-0.25, -0.2) is 0 Å². The molecule has 3 rings (SSSR count). The zero-order valence-corrected chi connectivity index (χ0v) is 13.7. The number of halogens is 1. The average molecular weight is 330 g/mol. The monoisotopic (exact) mass is 329 g/mol. The highest BCUT2D eigenvalue weighted by Crippen LogP contribution is 2.15. The van der Waals surface area contributed by atoms with Crippen molar-refractivity contribution < 1.29 is 4.79 Å². The quantitative estimate of drug-likeness (QED) is 0.627. The topological polar surface area (TPSA) is 38.1 Å². The third-order valence-corrected chi connectivity index (χ3v) is 4.33. The first kappa shape index (κ1) is 16.0. The zero-order valence-electron chi connectivity index (χ0n) is 13.0. The third-order valence-electron chi connectivity index (χ3n) is 4.10. The van der Waals surface area contributed by atoms with Gasteiger partial charge >= 0.3 is 0 Å². The fourth-order valence-electron chi connectivity index (χ4n) is 2.81. The molecule has 2 aliphatic rings. The Morgan fingerprint density at radius 3 is 3.00 bits per heavy atom. The van der Waals surface area contributed by atoms with E-state index in [0.29, 0.717) is 17.1 Å². The van der Waals surface area contributed by atoms with Gasteiger partial charge in [-0.2, -0.15) is 5.10 Å². The lowest BCUT2D eigenvalue weighted by Crippen LogP contribution is -2.34. The van der Waals surface area contributed by atoms with Crippen LogP contribution in [-0.2, 0) is 0 Å². The second-order valence-corrected chi connectivity index (χ2v) is 6.31. The van der Waals surface area contributed by atoms with E-state index in [0.717, 1.165) is 13.1 Å². The van der Waals surface area contributed by atoms with Crippen LogP contribution in [0, 0.1) is 0 Å². The van der Waals surface area contributed by atoms with Gasteiger partial charge in [-0.15, -0.1) is 5.73 Å². The molecule has 1 fully saturated rings. The molecule has 1 aromatic rings. The number of piperidine rings is 1. The van der Waals surface area contributed by atoms with Crippen molar-refractivity contribution in [1.29, 1.82) is 0 Å². The van der Waals surface area contributed by atoms with E-state index in [2.05, 4.69) is 15.7 Å². The van der Waals surface area contributed by atoms with Gasteiger partial charge in [0.2, 0.25) is 0 Å². The van der Waals surface area contributed by atoms with Crippen LogP contribution in [0.15, 0.2) is 53.5 Å². The Morgan fingerprint density at radius 2 is 2.17 bits per heavy atom. The highest BCUT2D eigenvalue weighted by atomic mass is 35.5. The molecule has 0 aromatic carbocycles. The number of hydrogen-bond donors (Lipinski definition) is 0. The Balaban J connectivity index is 1.68. The van der Waals surface area contributed by atoms with Gasteiger partial charge in [0, 0.05) is 11.2 Å². The molecule has 0 saturated carbocycles. The lowest BCUT2D eigenvalue weighted by atomic mass is 10.1. The molecule has 1 aromatic heterocycles. The van der Waals surface area contributed by atoms with Gasteiger partial charge in [-0.05, 0) is 44.2 Å². The number of ketones is 1. The minimum atomic E-state index is -0.0659. The first-order valence-corrected chi connectivity index (χ1v) is 8.36. The van der Waals surface area contributed by atoms with Crippen LogP contribution in [-0.4, -0.2) is 40.1 Å². The minimum Gasteiger partial charge on any atom is -0.296 e. The van der Waals surface area contributed by atoms with E-state index in [-0.39, 0.29) is 11.8 Å². The molecule has 0 N–H and O–H groups in total. The number of carbonyl (C=O) groups excluding carboxylic acids is 1. The van der Waals surface area contributed by atoms with Crippen LogP contribution in [0.1, 0.15) is 35.7 Å². The van der Waals surface area contributed by atoms with Crippen molar-refractivity contribution in [2.24, 2.45) is 0 Å². The molecule has 0 radical (unpaired) electrons. The summed E-state index contributed by atoms with van der Waals surface area (Å²) in [7, 11) is 0. The Labute approximate surface area is 141 Å². The maximum absolute atomic E-state index is 12.4. The summed E-state index contributed by atoms with van der Waals surface area (Å²) >= 11 is 5.93. The van der Waals surface area contributed by atoms with Crippen LogP contribution >= 0.6 is 11.6 Å². The Hall–Kier alpha value is -1.87. The standard InChI is InChI=1S/C18H20ClN3O/c19-16-6-4-8-17(9-5-7-16)22-13-15(12-20-22)18(23)14-21-10-2-1-3-11-21/h4,6-9,12-13,17H,1-3,10-11,14H2/b8-4?,16-6+. The largest absolute Gasteiger partial charge is 0.296 e. The maximum atomic E-state index is 12.4. The van der Waals surface area contributed by atoms with Crippen LogP contribution < -0.4 is 0 Å². The third kappa shape index (κ3) is 4.32. The predicted molar refractivity (Wildman–Crippen MR) is 91.6 cm³/mol. The summed E-state index contributed by atoms with van der Waals surface area (Å²) in [5.74, 6) is 0.135. The van der Waals surface area contributed by atoms with Crippen LogP contribution in [0.2, 0.25) is 0 Å². The van der Waals surface area contributed by atoms with Crippen molar-refractivity contribution in [3.63, 3.8) is 0 Å². The summed E-state index contributed by atoms with van der Waals surface area (Å²) in [5, 5.41) is 4.97. The number of hydrogen-bond acceptors (Lipinski definition) is 3. The van der Waals surface area contributed by atoms with Gasteiger partial charge in [-0.3, -0.25) is 14.4 Å². The molecule has 2 heterocycles. The summed E-state index contributed by atoms with van der Waals surface area (Å²) in [5.41, 5.74) is 3.70. The number of Topliss-reactive ketones (excluding diaryl/α,β-unsaturated/α-hetero) is 1. The normalized spacial score (nSPS) is 24.0. The van der Waals surface area contributed by atoms with Gasteiger partial charge in [0.05, 0.1) is 24.3 Å². The van der Waals surface area contributed by atoms with Crippen LogP contribution in [0.3, 0.4) is 0 Å². The minimum absolute atomic E-state index is 0.0659. The fourth-order valence-corrected chi connectivity index (χ4v) is 2.95. The second-order valence-electron chi connectivity index (χ2n) is 5.87. The van der Waals surface area contributed by atoms with Gasteiger partial charge in [0.25, 0.3) is 0 Å². The summed E-state index contributed by atoms with van der Waals surface area (Å²) < 4.78 is 1.77.